The number of rotatable bonds is 10. The topological polar surface area (TPSA) is 58.6 Å². The van der Waals surface area contributed by atoms with Crippen LogP contribution >= 0.6 is 34.8 Å². The lowest BCUT2D eigenvalue weighted by atomic mass is 9.95. The summed E-state index contributed by atoms with van der Waals surface area (Å²) in [4.78, 5) is 27.9. The van der Waals surface area contributed by atoms with Gasteiger partial charge in [-0.15, -0.1) is 0 Å². The van der Waals surface area contributed by atoms with Crippen LogP contribution in [-0.4, -0.2) is 35.4 Å². The van der Waals surface area contributed by atoms with Gasteiger partial charge in [-0.05, 0) is 62.6 Å². The predicted molar refractivity (Wildman–Crippen MR) is 138 cm³/mol. The van der Waals surface area contributed by atoms with Crippen LogP contribution in [0, 0.1) is 0 Å². The predicted octanol–water partition coefficient (Wildman–Crippen LogP) is 6.67. The standard InChI is InChI=1S/C26H31Cl3N2O3/c1-18(26(33)30-20-7-3-2-4-8-20)31(17-22-23(28)9-5-10-24(22)29)25(32)11-6-16-34-21-14-12-19(27)13-15-21/h5,9-10,12-15,18,20H,2-4,6-8,11,16-17H2,1H3,(H,30,33). The van der Waals surface area contributed by atoms with E-state index in [1.807, 2.05) is 0 Å². The fourth-order valence-corrected chi connectivity index (χ4v) is 4.74. The zero-order chi connectivity index (χ0) is 24.5. The zero-order valence-electron chi connectivity index (χ0n) is 19.4. The number of ether oxygens (including phenoxy) is 1. The highest BCUT2D eigenvalue weighted by Gasteiger charge is 2.28. The summed E-state index contributed by atoms with van der Waals surface area (Å²) < 4.78 is 5.71. The molecule has 0 saturated heterocycles. The Morgan fingerprint density at radius 2 is 1.68 bits per heavy atom. The Bertz CT molecular complexity index is 942. The number of carbonyl (C=O) groups is 2. The van der Waals surface area contributed by atoms with Gasteiger partial charge in [0.1, 0.15) is 11.8 Å². The third-order valence-electron chi connectivity index (χ3n) is 6.13. The van der Waals surface area contributed by atoms with Crippen molar-refractivity contribution in [1.82, 2.24) is 10.2 Å². The lowest BCUT2D eigenvalue weighted by Gasteiger charge is -2.31. The second kappa shape index (κ2) is 13.2. The van der Waals surface area contributed by atoms with Gasteiger partial charge in [0.15, 0.2) is 0 Å². The second-order valence-electron chi connectivity index (χ2n) is 8.65. The number of nitrogens with zero attached hydrogens (tertiary/aromatic N) is 1. The Morgan fingerprint density at radius 3 is 2.32 bits per heavy atom. The Kier molecular flexibility index (Phi) is 10.4. The van der Waals surface area contributed by atoms with Crippen molar-refractivity contribution in [1.29, 1.82) is 0 Å². The molecule has 0 radical (unpaired) electrons. The van der Waals surface area contributed by atoms with E-state index < -0.39 is 6.04 Å². The number of hydrogen-bond donors (Lipinski definition) is 1. The molecule has 0 spiro atoms. The second-order valence-corrected chi connectivity index (χ2v) is 9.90. The number of hydrogen-bond acceptors (Lipinski definition) is 3. The van der Waals surface area contributed by atoms with Crippen LogP contribution in [0.2, 0.25) is 15.1 Å². The van der Waals surface area contributed by atoms with E-state index in [1.54, 1.807) is 54.3 Å². The normalized spacial score (nSPS) is 14.9. The van der Waals surface area contributed by atoms with Crippen molar-refractivity contribution in [2.24, 2.45) is 0 Å². The first-order chi connectivity index (χ1) is 16.3. The average Bonchev–Trinajstić information content (AvgIpc) is 2.83. The van der Waals surface area contributed by atoms with Crippen molar-refractivity contribution < 1.29 is 14.3 Å². The number of carbonyl (C=O) groups excluding carboxylic acids is 2. The molecule has 184 valence electrons. The van der Waals surface area contributed by atoms with Crippen LogP contribution in [0.3, 0.4) is 0 Å². The van der Waals surface area contributed by atoms with Crippen molar-refractivity contribution in [3.05, 3.63) is 63.1 Å². The molecular formula is C26H31Cl3N2O3. The number of halogens is 3. The highest BCUT2D eigenvalue weighted by Crippen LogP contribution is 2.27. The summed E-state index contributed by atoms with van der Waals surface area (Å²) in [6.45, 7) is 2.29. The molecule has 3 rings (SSSR count). The van der Waals surface area contributed by atoms with Crippen LogP contribution in [0.4, 0.5) is 0 Å². The minimum Gasteiger partial charge on any atom is -0.494 e. The maximum atomic E-state index is 13.3. The first-order valence-electron chi connectivity index (χ1n) is 11.8. The Labute approximate surface area is 216 Å². The SMILES string of the molecule is CC(C(=O)NC1CCCCC1)N(Cc1c(Cl)cccc1Cl)C(=O)CCCOc1ccc(Cl)cc1. The summed E-state index contributed by atoms with van der Waals surface area (Å²) >= 11 is 18.6. The molecule has 34 heavy (non-hydrogen) atoms. The maximum Gasteiger partial charge on any atom is 0.242 e. The summed E-state index contributed by atoms with van der Waals surface area (Å²) in [6, 6.07) is 11.8. The molecule has 0 bridgehead atoms. The molecule has 1 fully saturated rings. The maximum absolute atomic E-state index is 13.3. The van der Waals surface area contributed by atoms with E-state index in [2.05, 4.69) is 5.32 Å². The lowest BCUT2D eigenvalue weighted by Crippen LogP contribution is -2.50. The van der Waals surface area contributed by atoms with Gasteiger partial charge in [-0.1, -0.05) is 60.1 Å². The van der Waals surface area contributed by atoms with Gasteiger partial charge >= 0.3 is 0 Å². The summed E-state index contributed by atoms with van der Waals surface area (Å²) in [6.07, 6.45) is 6.13. The molecule has 8 heteroatoms. The van der Waals surface area contributed by atoms with Crippen LogP contribution < -0.4 is 10.1 Å². The molecule has 1 aliphatic rings. The van der Waals surface area contributed by atoms with Gasteiger partial charge in [0, 0.05) is 39.6 Å². The summed E-state index contributed by atoms with van der Waals surface area (Å²) in [5, 5.41) is 4.70. The van der Waals surface area contributed by atoms with Crippen molar-refractivity contribution in [2.75, 3.05) is 6.61 Å². The monoisotopic (exact) mass is 524 g/mol. The van der Waals surface area contributed by atoms with Crippen molar-refractivity contribution in [3.8, 4) is 5.75 Å². The van der Waals surface area contributed by atoms with Gasteiger partial charge in [0.25, 0.3) is 0 Å². The minimum atomic E-state index is -0.654. The fourth-order valence-electron chi connectivity index (χ4n) is 4.09. The Hall–Kier alpha value is -1.95. The molecule has 1 atom stereocenters. The Morgan fingerprint density at radius 1 is 1.03 bits per heavy atom. The molecule has 5 nitrogen and oxygen atoms in total. The third-order valence-corrected chi connectivity index (χ3v) is 7.09. The van der Waals surface area contributed by atoms with Gasteiger partial charge < -0.3 is 15.0 Å². The Balaban J connectivity index is 1.64. The largest absolute Gasteiger partial charge is 0.494 e. The van der Waals surface area contributed by atoms with Crippen LogP contribution in [0.25, 0.3) is 0 Å². The van der Waals surface area contributed by atoms with E-state index in [0.717, 1.165) is 25.7 Å². The smallest absolute Gasteiger partial charge is 0.242 e. The van der Waals surface area contributed by atoms with Gasteiger partial charge in [0.2, 0.25) is 11.8 Å². The van der Waals surface area contributed by atoms with E-state index in [9.17, 15) is 9.59 Å². The van der Waals surface area contributed by atoms with Gasteiger partial charge in [-0.3, -0.25) is 9.59 Å². The van der Waals surface area contributed by atoms with E-state index in [0.29, 0.717) is 39.4 Å². The van der Waals surface area contributed by atoms with Crippen LogP contribution in [-0.2, 0) is 16.1 Å². The van der Waals surface area contributed by atoms with E-state index in [-0.39, 0.29) is 30.8 Å². The van der Waals surface area contributed by atoms with Crippen LogP contribution in [0.1, 0.15) is 57.4 Å². The minimum absolute atomic E-state index is 0.151. The molecule has 1 saturated carbocycles. The van der Waals surface area contributed by atoms with Gasteiger partial charge in [-0.2, -0.15) is 0 Å². The number of amides is 2. The highest BCUT2D eigenvalue weighted by molar-refractivity contribution is 6.36. The molecule has 1 unspecified atom stereocenters. The van der Waals surface area contributed by atoms with Gasteiger partial charge in [0.05, 0.1) is 6.61 Å². The van der Waals surface area contributed by atoms with E-state index >= 15 is 0 Å². The first-order valence-corrected chi connectivity index (χ1v) is 12.9. The molecule has 1 N–H and O–H groups in total. The number of nitrogens with one attached hydrogen (secondary N) is 1. The molecule has 2 aromatic rings. The van der Waals surface area contributed by atoms with Crippen molar-refractivity contribution in [2.45, 2.75) is 70.5 Å². The highest BCUT2D eigenvalue weighted by atomic mass is 35.5. The zero-order valence-corrected chi connectivity index (χ0v) is 21.6. The average molecular weight is 526 g/mol. The first kappa shape index (κ1) is 26.7. The third kappa shape index (κ3) is 7.79. The summed E-state index contributed by atoms with van der Waals surface area (Å²) in [7, 11) is 0. The van der Waals surface area contributed by atoms with Crippen LogP contribution in [0.15, 0.2) is 42.5 Å². The molecule has 1 aliphatic carbocycles. The molecule has 2 aromatic carbocycles. The quantitative estimate of drug-likeness (QED) is 0.352. The fraction of sp³-hybridized carbons (Fsp3) is 0.462. The van der Waals surface area contributed by atoms with E-state index in [1.165, 1.54) is 6.42 Å². The van der Waals surface area contributed by atoms with Crippen molar-refractivity contribution >= 4 is 46.6 Å². The molecule has 0 aromatic heterocycles. The molecule has 0 aliphatic heterocycles. The molecule has 0 heterocycles. The molecule has 2 amide bonds. The number of benzene rings is 2. The van der Waals surface area contributed by atoms with Crippen LogP contribution in [0.5, 0.6) is 5.75 Å². The molecular weight excluding hydrogens is 495 g/mol. The lowest BCUT2D eigenvalue weighted by molar-refractivity contribution is -0.141. The van der Waals surface area contributed by atoms with Crippen molar-refractivity contribution in [3.63, 3.8) is 0 Å². The van der Waals surface area contributed by atoms with E-state index in [4.69, 9.17) is 39.5 Å². The summed E-state index contributed by atoms with van der Waals surface area (Å²) in [5.41, 5.74) is 0.633. The summed E-state index contributed by atoms with van der Waals surface area (Å²) in [5.74, 6) is 0.389. The van der Waals surface area contributed by atoms with Gasteiger partial charge in [-0.25, -0.2) is 0 Å².